The minimum atomic E-state index is -0.0509. The summed E-state index contributed by atoms with van der Waals surface area (Å²) in [5, 5.41) is 5.95. The highest BCUT2D eigenvalue weighted by molar-refractivity contribution is 5.94. The van der Waals surface area contributed by atoms with Crippen molar-refractivity contribution in [2.24, 2.45) is 0 Å². The normalized spacial score (nSPS) is 12.2. The molecular formula is C13H20N2O2. The molecule has 4 heteroatoms. The fourth-order valence-corrected chi connectivity index (χ4v) is 1.42. The van der Waals surface area contributed by atoms with E-state index < -0.39 is 0 Å². The van der Waals surface area contributed by atoms with Crippen LogP contribution in [0.4, 0.5) is 0 Å². The zero-order valence-electron chi connectivity index (χ0n) is 10.6. The van der Waals surface area contributed by atoms with Crippen molar-refractivity contribution in [2.45, 2.75) is 19.6 Å². The van der Waals surface area contributed by atoms with Crippen LogP contribution in [0.2, 0.25) is 0 Å². The van der Waals surface area contributed by atoms with Crippen LogP contribution in [0.25, 0.3) is 0 Å². The molecule has 0 aliphatic rings. The lowest BCUT2D eigenvalue weighted by Crippen LogP contribution is -2.37. The number of carbonyl (C=O) groups excluding carboxylic acids is 1. The first-order valence-electron chi connectivity index (χ1n) is 5.70. The Hall–Kier alpha value is -1.39. The van der Waals surface area contributed by atoms with Crippen molar-refractivity contribution in [1.29, 1.82) is 0 Å². The summed E-state index contributed by atoms with van der Waals surface area (Å²) in [6.07, 6.45) is 0. The standard InChI is InChI=1S/C13H20N2O2/c1-10(14-2)8-15-13(16)12-6-4-5-11(7-12)9-17-3/h4-7,10,14H,8-9H2,1-3H3,(H,15,16). The second-order valence-corrected chi connectivity index (χ2v) is 4.03. The summed E-state index contributed by atoms with van der Waals surface area (Å²) in [7, 11) is 3.51. The molecule has 2 N–H and O–H groups in total. The largest absolute Gasteiger partial charge is 0.380 e. The summed E-state index contributed by atoms with van der Waals surface area (Å²) in [6, 6.07) is 7.73. The Bertz CT molecular complexity index is 366. The molecule has 0 bridgehead atoms. The topological polar surface area (TPSA) is 50.4 Å². The number of methoxy groups -OCH3 is 1. The molecule has 0 saturated heterocycles. The number of benzene rings is 1. The van der Waals surface area contributed by atoms with E-state index >= 15 is 0 Å². The first kappa shape index (κ1) is 13.7. The maximum Gasteiger partial charge on any atom is 0.251 e. The lowest BCUT2D eigenvalue weighted by molar-refractivity contribution is 0.0950. The third kappa shape index (κ3) is 4.54. The van der Waals surface area contributed by atoms with Crippen LogP contribution in [-0.4, -0.2) is 32.7 Å². The Balaban J connectivity index is 2.59. The SMILES string of the molecule is CNC(C)CNC(=O)c1cccc(COC)c1. The minimum absolute atomic E-state index is 0.0509. The molecular weight excluding hydrogens is 216 g/mol. The van der Waals surface area contributed by atoms with E-state index in [-0.39, 0.29) is 11.9 Å². The minimum Gasteiger partial charge on any atom is -0.380 e. The highest BCUT2D eigenvalue weighted by Gasteiger charge is 2.07. The third-order valence-electron chi connectivity index (χ3n) is 2.56. The molecule has 17 heavy (non-hydrogen) atoms. The predicted molar refractivity (Wildman–Crippen MR) is 68.0 cm³/mol. The molecule has 0 radical (unpaired) electrons. The van der Waals surface area contributed by atoms with Crippen LogP contribution in [0.3, 0.4) is 0 Å². The summed E-state index contributed by atoms with van der Waals surface area (Å²) in [5.74, 6) is -0.0509. The number of hydrogen-bond donors (Lipinski definition) is 2. The van der Waals surface area contributed by atoms with E-state index in [0.29, 0.717) is 18.7 Å². The summed E-state index contributed by atoms with van der Waals surface area (Å²) in [4.78, 5) is 11.8. The van der Waals surface area contributed by atoms with Crippen LogP contribution >= 0.6 is 0 Å². The molecule has 4 nitrogen and oxygen atoms in total. The van der Waals surface area contributed by atoms with Crippen molar-refractivity contribution in [1.82, 2.24) is 10.6 Å². The maximum absolute atomic E-state index is 11.8. The highest BCUT2D eigenvalue weighted by atomic mass is 16.5. The number of carbonyl (C=O) groups is 1. The number of nitrogens with one attached hydrogen (secondary N) is 2. The monoisotopic (exact) mass is 236 g/mol. The van der Waals surface area contributed by atoms with Gasteiger partial charge >= 0.3 is 0 Å². The van der Waals surface area contributed by atoms with Gasteiger partial charge in [-0.15, -0.1) is 0 Å². The Kier molecular flexibility index (Phi) is 5.66. The first-order valence-corrected chi connectivity index (χ1v) is 5.70. The Morgan fingerprint density at radius 3 is 2.88 bits per heavy atom. The Morgan fingerprint density at radius 2 is 2.24 bits per heavy atom. The van der Waals surface area contributed by atoms with Gasteiger partial charge in [0, 0.05) is 25.3 Å². The molecule has 0 saturated carbocycles. The summed E-state index contributed by atoms with van der Waals surface area (Å²) in [5.41, 5.74) is 1.67. The number of rotatable bonds is 6. The van der Waals surface area contributed by atoms with Gasteiger partial charge in [-0.3, -0.25) is 4.79 Å². The van der Waals surface area contributed by atoms with Gasteiger partial charge in [0.05, 0.1) is 6.61 Å². The molecule has 0 heterocycles. The van der Waals surface area contributed by atoms with E-state index in [9.17, 15) is 4.79 Å². The number of amides is 1. The van der Waals surface area contributed by atoms with Crippen molar-refractivity contribution in [3.8, 4) is 0 Å². The average molecular weight is 236 g/mol. The molecule has 0 fully saturated rings. The van der Waals surface area contributed by atoms with E-state index in [2.05, 4.69) is 10.6 Å². The maximum atomic E-state index is 11.8. The van der Waals surface area contributed by atoms with Crippen molar-refractivity contribution < 1.29 is 9.53 Å². The molecule has 1 amide bonds. The van der Waals surface area contributed by atoms with E-state index in [1.807, 2.05) is 32.2 Å². The van der Waals surface area contributed by atoms with E-state index in [4.69, 9.17) is 4.74 Å². The van der Waals surface area contributed by atoms with Crippen LogP contribution in [0, 0.1) is 0 Å². The summed E-state index contributed by atoms with van der Waals surface area (Å²) < 4.78 is 5.04. The molecule has 1 aromatic rings. The number of hydrogen-bond acceptors (Lipinski definition) is 3. The number of ether oxygens (including phenoxy) is 1. The van der Waals surface area contributed by atoms with Gasteiger partial charge in [0.15, 0.2) is 0 Å². The van der Waals surface area contributed by atoms with Gasteiger partial charge in [-0.05, 0) is 31.7 Å². The second kappa shape index (κ2) is 7.04. The van der Waals surface area contributed by atoms with Gasteiger partial charge in [-0.25, -0.2) is 0 Å². The van der Waals surface area contributed by atoms with Crippen molar-refractivity contribution in [3.05, 3.63) is 35.4 Å². The molecule has 0 spiro atoms. The van der Waals surface area contributed by atoms with Gasteiger partial charge in [-0.1, -0.05) is 12.1 Å². The summed E-state index contributed by atoms with van der Waals surface area (Å²) >= 11 is 0. The predicted octanol–water partition coefficient (Wildman–Crippen LogP) is 1.17. The third-order valence-corrected chi connectivity index (χ3v) is 2.56. The second-order valence-electron chi connectivity index (χ2n) is 4.03. The van der Waals surface area contributed by atoms with Crippen LogP contribution in [0.5, 0.6) is 0 Å². The van der Waals surface area contributed by atoms with Gasteiger partial charge in [0.1, 0.15) is 0 Å². The molecule has 1 unspecified atom stereocenters. The molecule has 1 aromatic carbocycles. The lowest BCUT2D eigenvalue weighted by atomic mass is 10.1. The molecule has 1 rings (SSSR count). The lowest BCUT2D eigenvalue weighted by Gasteiger charge is -2.11. The smallest absolute Gasteiger partial charge is 0.251 e. The van der Waals surface area contributed by atoms with Crippen molar-refractivity contribution >= 4 is 5.91 Å². The van der Waals surface area contributed by atoms with Crippen molar-refractivity contribution in [3.63, 3.8) is 0 Å². The fraction of sp³-hybridized carbons (Fsp3) is 0.462. The van der Waals surface area contributed by atoms with Gasteiger partial charge in [0.25, 0.3) is 5.91 Å². The van der Waals surface area contributed by atoms with E-state index in [0.717, 1.165) is 5.56 Å². The van der Waals surface area contributed by atoms with Crippen molar-refractivity contribution in [2.75, 3.05) is 20.7 Å². The fourth-order valence-electron chi connectivity index (χ4n) is 1.42. The van der Waals surface area contributed by atoms with Crippen LogP contribution in [-0.2, 0) is 11.3 Å². The molecule has 0 aromatic heterocycles. The average Bonchev–Trinajstić information content (AvgIpc) is 2.36. The quantitative estimate of drug-likeness (QED) is 0.779. The van der Waals surface area contributed by atoms with Gasteiger partial charge in [0.2, 0.25) is 0 Å². The zero-order valence-corrected chi connectivity index (χ0v) is 10.6. The van der Waals surface area contributed by atoms with Crippen LogP contribution in [0.15, 0.2) is 24.3 Å². The Labute approximate surface area is 102 Å². The molecule has 94 valence electrons. The first-order chi connectivity index (χ1) is 8.17. The van der Waals surface area contributed by atoms with Crippen LogP contribution in [0.1, 0.15) is 22.8 Å². The van der Waals surface area contributed by atoms with Gasteiger partial charge < -0.3 is 15.4 Å². The zero-order chi connectivity index (χ0) is 12.7. The van der Waals surface area contributed by atoms with E-state index in [1.54, 1.807) is 13.2 Å². The van der Waals surface area contributed by atoms with E-state index in [1.165, 1.54) is 0 Å². The molecule has 0 aliphatic carbocycles. The summed E-state index contributed by atoms with van der Waals surface area (Å²) in [6.45, 7) is 3.15. The van der Waals surface area contributed by atoms with Gasteiger partial charge in [-0.2, -0.15) is 0 Å². The molecule has 0 aliphatic heterocycles. The number of likely N-dealkylation sites (N-methyl/N-ethyl adjacent to an activating group) is 1. The molecule has 1 atom stereocenters. The highest BCUT2D eigenvalue weighted by Crippen LogP contribution is 2.06. The Morgan fingerprint density at radius 1 is 1.47 bits per heavy atom. The van der Waals surface area contributed by atoms with Crippen LogP contribution < -0.4 is 10.6 Å².